The second-order valence-corrected chi connectivity index (χ2v) is 7.54. The Bertz CT molecular complexity index is 1180. The molecule has 8 heteroatoms. The van der Waals surface area contributed by atoms with Crippen molar-refractivity contribution in [3.63, 3.8) is 0 Å². The molecule has 1 unspecified atom stereocenters. The first-order chi connectivity index (χ1) is 14.7. The molecule has 3 N–H and O–H groups in total. The van der Waals surface area contributed by atoms with Gasteiger partial charge in [-0.1, -0.05) is 0 Å². The Morgan fingerprint density at radius 3 is 2.90 bits per heavy atom. The lowest BCUT2D eigenvalue weighted by Crippen LogP contribution is -2.48. The molecule has 4 aromatic rings. The number of carbonyl (C=O) groups excluding carboxylic acids is 1. The molecule has 2 aromatic carbocycles. The number of hydrogen-bond donors (Lipinski definition) is 3. The number of halogens is 1. The van der Waals surface area contributed by atoms with Crippen molar-refractivity contribution in [2.45, 2.75) is 18.9 Å². The van der Waals surface area contributed by atoms with E-state index in [1.54, 1.807) is 24.5 Å². The van der Waals surface area contributed by atoms with Gasteiger partial charge in [-0.05, 0) is 60.9 Å². The number of nitrogens with one attached hydrogen (secondary N) is 3. The standard InChI is InChI=1S/C22H21FN6O/c23-16-6-3-14(4-7-16)19-11-21(28-27-19)29-9-1-2-17(12-29)26-22(30)15-5-8-18-20(10-15)25-13-24-18/h3-8,10-11,13,17H,1-2,9,12H2,(H,24,25)(H,26,30)(H,27,28). The smallest absolute Gasteiger partial charge is 0.251 e. The van der Waals surface area contributed by atoms with E-state index in [0.29, 0.717) is 12.1 Å². The third-order valence-electron chi connectivity index (χ3n) is 5.48. The molecular weight excluding hydrogens is 383 g/mol. The molecular formula is C22H21FN6O. The van der Waals surface area contributed by atoms with Crippen molar-refractivity contribution in [2.75, 3.05) is 18.0 Å². The van der Waals surface area contributed by atoms with Gasteiger partial charge >= 0.3 is 0 Å². The second kappa shape index (κ2) is 7.62. The van der Waals surface area contributed by atoms with E-state index >= 15 is 0 Å². The van der Waals surface area contributed by atoms with E-state index in [-0.39, 0.29) is 17.8 Å². The van der Waals surface area contributed by atoms with Crippen LogP contribution in [0.1, 0.15) is 23.2 Å². The monoisotopic (exact) mass is 404 g/mol. The molecule has 0 radical (unpaired) electrons. The number of nitrogens with zero attached hydrogens (tertiary/aromatic N) is 3. The van der Waals surface area contributed by atoms with E-state index in [1.165, 1.54) is 12.1 Å². The summed E-state index contributed by atoms with van der Waals surface area (Å²) in [6.45, 7) is 1.56. The number of rotatable bonds is 4. The highest BCUT2D eigenvalue weighted by Gasteiger charge is 2.24. The quantitative estimate of drug-likeness (QED) is 0.486. The summed E-state index contributed by atoms with van der Waals surface area (Å²) in [5, 5.41) is 10.6. The van der Waals surface area contributed by atoms with E-state index in [9.17, 15) is 9.18 Å². The first-order valence-electron chi connectivity index (χ1n) is 9.96. The van der Waals surface area contributed by atoms with Gasteiger partial charge in [0.05, 0.1) is 23.1 Å². The number of imidazole rings is 1. The number of hydrogen-bond acceptors (Lipinski definition) is 4. The van der Waals surface area contributed by atoms with Crippen molar-refractivity contribution in [1.29, 1.82) is 0 Å². The van der Waals surface area contributed by atoms with Crippen LogP contribution in [0.5, 0.6) is 0 Å². The highest BCUT2D eigenvalue weighted by atomic mass is 19.1. The van der Waals surface area contributed by atoms with Gasteiger partial charge < -0.3 is 15.2 Å². The summed E-state index contributed by atoms with van der Waals surface area (Å²) in [7, 11) is 0. The van der Waals surface area contributed by atoms with E-state index in [0.717, 1.165) is 47.5 Å². The van der Waals surface area contributed by atoms with Crippen LogP contribution in [0.3, 0.4) is 0 Å². The van der Waals surface area contributed by atoms with Crippen molar-refractivity contribution in [3.8, 4) is 11.3 Å². The minimum atomic E-state index is -0.264. The Balaban J connectivity index is 1.26. The van der Waals surface area contributed by atoms with E-state index in [2.05, 4.69) is 30.4 Å². The molecule has 1 aliphatic heterocycles. The van der Waals surface area contributed by atoms with Gasteiger partial charge in [0.1, 0.15) is 5.82 Å². The zero-order chi connectivity index (χ0) is 20.5. The lowest BCUT2D eigenvalue weighted by Gasteiger charge is -2.33. The van der Waals surface area contributed by atoms with Crippen LogP contribution < -0.4 is 10.2 Å². The molecule has 2 aromatic heterocycles. The Morgan fingerprint density at radius 2 is 2.03 bits per heavy atom. The molecule has 30 heavy (non-hydrogen) atoms. The molecule has 1 aliphatic rings. The number of piperidine rings is 1. The maximum Gasteiger partial charge on any atom is 0.251 e. The summed E-state index contributed by atoms with van der Waals surface area (Å²) in [6, 6.07) is 13.8. The maximum absolute atomic E-state index is 13.2. The van der Waals surface area contributed by atoms with E-state index in [1.807, 2.05) is 18.2 Å². The molecule has 0 aliphatic carbocycles. The summed E-state index contributed by atoms with van der Waals surface area (Å²) in [5.41, 5.74) is 4.01. The number of anilines is 1. The fourth-order valence-corrected chi connectivity index (χ4v) is 3.90. The van der Waals surface area contributed by atoms with Crippen LogP contribution in [0.15, 0.2) is 54.9 Å². The SMILES string of the molecule is O=C(NC1CCCN(c2cc(-c3ccc(F)cc3)[nH]n2)C1)c1ccc2nc[nH]c2c1. The fourth-order valence-electron chi connectivity index (χ4n) is 3.90. The van der Waals surface area contributed by atoms with Crippen LogP contribution >= 0.6 is 0 Å². The third kappa shape index (κ3) is 3.63. The summed E-state index contributed by atoms with van der Waals surface area (Å²) in [5.74, 6) is 0.472. The third-order valence-corrected chi connectivity index (χ3v) is 5.48. The molecule has 0 bridgehead atoms. The first-order valence-corrected chi connectivity index (χ1v) is 9.96. The van der Waals surface area contributed by atoms with Gasteiger partial charge in [0.2, 0.25) is 0 Å². The highest BCUT2D eigenvalue weighted by Crippen LogP contribution is 2.24. The van der Waals surface area contributed by atoms with Gasteiger partial charge in [-0.15, -0.1) is 0 Å². The predicted octanol–water partition coefficient (Wildman–Crippen LogP) is 3.49. The number of carbonyl (C=O) groups is 1. The second-order valence-electron chi connectivity index (χ2n) is 7.54. The van der Waals surface area contributed by atoms with Crippen molar-refractivity contribution < 1.29 is 9.18 Å². The van der Waals surface area contributed by atoms with Crippen LogP contribution in [0, 0.1) is 5.82 Å². The van der Waals surface area contributed by atoms with Crippen LogP contribution in [-0.4, -0.2) is 45.2 Å². The van der Waals surface area contributed by atoms with Gasteiger partial charge in [-0.2, -0.15) is 5.10 Å². The molecule has 5 rings (SSSR count). The van der Waals surface area contributed by atoms with Crippen molar-refractivity contribution in [2.24, 2.45) is 0 Å². The lowest BCUT2D eigenvalue weighted by atomic mass is 10.0. The van der Waals surface area contributed by atoms with E-state index < -0.39 is 0 Å². The fraction of sp³-hybridized carbons (Fsp3) is 0.227. The molecule has 7 nitrogen and oxygen atoms in total. The molecule has 1 fully saturated rings. The molecule has 1 atom stereocenters. The number of amides is 1. The van der Waals surface area contributed by atoms with Gasteiger partial charge in [0, 0.05) is 30.8 Å². The molecule has 152 valence electrons. The largest absolute Gasteiger partial charge is 0.353 e. The minimum absolute atomic E-state index is 0.0367. The Labute approximate surface area is 172 Å². The normalized spacial score (nSPS) is 16.7. The molecule has 0 saturated carbocycles. The first kappa shape index (κ1) is 18.4. The molecule has 1 amide bonds. The Hall–Kier alpha value is -3.68. The Kier molecular flexibility index (Phi) is 4.66. The van der Waals surface area contributed by atoms with Crippen LogP contribution in [0.4, 0.5) is 10.2 Å². The van der Waals surface area contributed by atoms with Crippen molar-refractivity contribution in [1.82, 2.24) is 25.5 Å². The summed E-state index contributed by atoms with van der Waals surface area (Å²) >= 11 is 0. The summed E-state index contributed by atoms with van der Waals surface area (Å²) < 4.78 is 13.2. The molecule has 3 heterocycles. The van der Waals surface area contributed by atoms with Crippen LogP contribution in [-0.2, 0) is 0 Å². The number of fused-ring (bicyclic) bond motifs is 1. The van der Waals surface area contributed by atoms with Gasteiger partial charge in [0.15, 0.2) is 5.82 Å². The van der Waals surface area contributed by atoms with Crippen LogP contribution in [0.25, 0.3) is 22.3 Å². The lowest BCUT2D eigenvalue weighted by molar-refractivity contribution is 0.0933. The van der Waals surface area contributed by atoms with Gasteiger partial charge in [-0.25, -0.2) is 9.37 Å². The maximum atomic E-state index is 13.2. The number of H-pyrrole nitrogens is 2. The van der Waals surface area contributed by atoms with Gasteiger partial charge in [-0.3, -0.25) is 9.89 Å². The van der Waals surface area contributed by atoms with E-state index in [4.69, 9.17) is 0 Å². The molecule has 1 saturated heterocycles. The molecule has 0 spiro atoms. The summed E-state index contributed by atoms with van der Waals surface area (Å²) in [6.07, 6.45) is 3.50. The predicted molar refractivity (Wildman–Crippen MR) is 113 cm³/mol. The zero-order valence-corrected chi connectivity index (χ0v) is 16.2. The van der Waals surface area contributed by atoms with Crippen LogP contribution in [0.2, 0.25) is 0 Å². The average Bonchev–Trinajstić information content (AvgIpc) is 3.44. The Morgan fingerprint density at radius 1 is 1.17 bits per heavy atom. The summed E-state index contributed by atoms with van der Waals surface area (Å²) in [4.78, 5) is 22.1. The topological polar surface area (TPSA) is 89.7 Å². The minimum Gasteiger partial charge on any atom is -0.353 e. The van der Waals surface area contributed by atoms with Gasteiger partial charge in [0.25, 0.3) is 5.91 Å². The number of benzene rings is 2. The number of aromatic nitrogens is 4. The number of aromatic amines is 2. The highest BCUT2D eigenvalue weighted by molar-refractivity contribution is 5.97. The van der Waals surface area contributed by atoms with Crippen molar-refractivity contribution >= 4 is 22.8 Å². The van der Waals surface area contributed by atoms with Crippen molar-refractivity contribution in [3.05, 3.63) is 66.2 Å². The average molecular weight is 404 g/mol. The zero-order valence-electron chi connectivity index (χ0n) is 16.2.